The van der Waals surface area contributed by atoms with Crippen molar-refractivity contribution in [3.05, 3.63) is 30.3 Å². The third kappa shape index (κ3) is 5.33. The maximum atomic E-state index is 12.8. The summed E-state index contributed by atoms with van der Waals surface area (Å²) in [7, 11) is 0. The number of benzene rings is 1. The van der Waals surface area contributed by atoms with Crippen LogP contribution in [0.4, 0.5) is 5.69 Å². The lowest BCUT2D eigenvalue weighted by Gasteiger charge is -2.34. The van der Waals surface area contributed by atoms with Gasteiger partial charge in [-0.25, -0.2) is 0 Å². The van der Waals surface area contributed by atoms with Crippen LogP contribution in [0.25, 0.3) is 0 Å². The molecule has 0 aromatic heterocycles. The van der Waals surface area contributed by atoms with Gasteiger partial charge in [0.05, 0.1) is 6.54 Å². The number of nitrogens with zero attached hydrogens (tertiary/aromatic N) is 2. The fourth-order valence-corrected chi connectivity index (χ4v) is 3.28. The number of rotatable bonds is 7. The van der Waals surface area contributed by atoms with Crippen molar-refractivity contribution in [3.8, 4) is 0 Å². The second-order valence-corrected chi connectivity index (χ2v) is 6.72. The van der Waals surface area contributed by atoms with Crippen LogP contribution < -0.4 is 10.2 Å². The number of hydrogen-bond acceptors (Lipinski definition) is 3. The van der Waals surface area contributed by atoms with Crippen molar-refractivity contribution in [1.29, 1.82) is 0 Å². The molecule has 0 saturated carbocycles. The molecule has 1 saturated heterocycles. The maximum Gasteiger partial charge on any atom is 0.241 e. The van der Waals surface area contributed by atoms with E-state index >= 15 is 0 Å². The Labute approximate surface area is 140 Å². The lowest BCUT2D eigenvalue weighted by molar-refractivity contribution is -0.120. The van der Waals surface area contributed by atoms with Crippen LogP contribution >= 0.6 is 0 Å². The van der Waals surface area contributed by atoms with Gasteiger partial charge in [-0.1, -0.05) is 25.1 Å². The topological polar surface area (TPSA) is 35.6 Å². The van der Waals surface area contributed by atoms with Crippen LogP contribution in [0.2, 0.25) is 0 Å². The maximum absolute atomic E-state index is 12.8. The van der Waals surface area contributed by atoms with Crippen LogP contribution in [-0.2, 0) is 4.79 Å². The van der Waals surface area contributed by atoms with Gasteiger partial charge < -0.3 is 10.2 Å². The Morgan fingerprint density at radius 2 is 1.91 bits per heavy atom. The van der Waals surface area contributed by atoms with E-state index in [-0.39, 0.29) is 11.9 Å². The molecular weight excluding hydrogens is 286 g/mol. The van der Waals surface area contributed by atoms with Crippen molar-refractivity contribution in [1.82, 2.24) is 10.2 Å². The van der Waals surface area contributed by atoms with E-state index in [2.05, 4.69) is 31.0 Å². The van der Waals surface area contributed by atoms with E-state index in [1.807, 2.05) is 35.2 Å². The number of carbonyl (C=O) groups excluding carboxylic acids is 1. The van der Waals surface area contributed by atoms with Crippen LogP contribution in [0.3, 0.4) is 0 Å². The molecule has 128 valence electrons. The average molecular weight is 317 g/mol. The molecule has 1 aromatic carbocycles. The number of amides is 1. The highest BCUT2D eigenvalue weighted by molar-refractivity contribution is 5.95. The van der Waals surface area contributed by atoms with Gasteiger partial charge in [-0.2, -0.15) is 0 Å². The molecule has 1 aliphatic heterocycles. The zero-order chi connectivity index (χ0) is 16.7. The first-order chi connectivity index (χ1) is 11.1. The van der Waals surface area contributed by atoms with Crippen molar-refractivity contribution >= 4 is 11.6 Å². The van der Waals surface area contributed by atoms with Crippen molar-refractivity contribution in [2.24, 2.45) is 5.92 Å². The molecule has 23 heavy (non-hydrogen) atoms. The minimum Gasteiger partial charge on any atom is -0.317 e. The monoisotopic (exact) mass is 317 g/mol. The normalized spacial score (nSPS) is 16.7. The SMILES string of the molecule is CCNCC1CCN(CC(=O)N(c2ccccc2)C(C)C)CC1. The first kappa shape index (κ1) is 18.0. The zero-order valence-corrected chi connectivity index (χ0v) is 14.8. The summed E-state index contributed by atoms with van der Waals surface area (Å²) in [4.78, 5) is 17.0. The van der Waals surface area contributed by atoms with Crippen LogP contribution in [0.1, 0.15) is 33.6 Å². The third-order valence-electron chi connectivity index (χ3n) is 4.57. The van der Waals surface area contributed by atoms with Gasteiger partial charge in [0.2, 0.25) is 5.91 Å². The highest BCUT2D eigenvalue weighted by Crippen LogP contribution is 2.19. The molecule has 0 unspecified atom stereocenters. The van der Waals surface area contributed by atoms with Gasteiger partial charge in [-0.15, -0.1) is 0 Å². The number of anilines is 1. The Hall–Kier alpha value is -1.39. The number of para-hydroxylation sites is 1. The van der Waals surface area contributed by atoms with E-state index < -0.39 is 0 Å². The lowest BCUT2D eigenvalue weighted by Crippen LogP contribution is -2.46. The Morgan fingerprint density at radius 3 is 2.48 bits per heavy atom. The van der Waals surface area contributed by atoms with Crippen LogP contribution in [0, 0.1) is 5.92 Å². The van der Waals surface area contributed by atoms with Crippen LogP contribution in [-0.4, -0.2) is 49.6 Å². The number of carbonyl (C=O) groups is 1. The molecule has 2 rings (SSSR count). The summed E-state index contributed by atoms with van der Waals surface area (Å²) in [5.74, 6) is 0.966. The molecule has 4 heteroatoms. The summed E-state index contributed by atoms with van der Waals surface area (Å²) < 4.78 is 0. The number of hydrogen-bond donors (Lipinski definition) is 1. The minimum absolute atomic E-state index is 0.177. The van der Waals surface area contributed by atoms with Gasteiger partial charge >= 0.3 is 0 Å². The molecule has 0 aliphatic carbocycles. The second-order valence-electron chi connectivity index (χ2n) is 6.72. The standard InChI is InChI=1S/C19H31N3O/c1-4-20-14-17-10-12-21(13-11-17)15-19(23)22(16(2)3)18-8-6-5-7-9-18/h5-9,16-17,20H,4,10-15H2,1-3H3. The number of piperidine rings is 1. The molecule has 1 N–H and O–H groups in total. The fourth-order valence-electron chi connectivity index (χ4n) is 3.28. The van der Waals surface area contributed by atoms with E-state index in [9.17, 15) is 4.79 Å². The third-order valence-corrected chi connectivity index (χ3v) is 4.57. The quantitative estimate of drug-likeness (QED) is 0.840. The molecule has 0 atom stereocenters. The van der Waals surface area contributed by atoms with Gasteiger partial charge in [0.15, 0.2) is 0 Å². The minimum atomic E-state index is 0.177. The summed E-state index contributed by atoms with van der Waals surface area (Å²) in [5, 5.41) is 3.43. The van der Waals surface area contributed by atoms with Crippen molar-refractivity contribution in [3.63, 3.8) is 0 Å². The smallest absolute Gasteiger partial charge is 0.241 e. The summed E-state index contributed by atoms with van der Waals surface area (Å²) >= 11 is 0. The Morgan fingerprint density at radius 1 is 1.26 bits per heavy atom. The van der Waals surface area contributed by atoms with Gasteiger partial charge in [-0.3, -0.25) is 9.69 Å². The van der Waals surface area contributed by atoms with Crippen LogP contribution in [0.5, 0.6) is 0 Å². The molecule has 1 fully saturated rings. The predicted molar refractivity (Wildman–Crippen MR) is 96.8 cm³/mol. The molecule has 1 heterocycles. The van der Waals surface area contributed by atoms with E-state index in [1.54, 1.807) is 0 Å². The van der Waals surface area contributed by atoms with Gasteiger partial charge in [0.25, 0.3) is 0 Å². The first-order valence-corrected chi connectivity index (χ1v) is 8.92. The molecule has 1 amide bonds. The molecule has 0 bridgehead atoms. The van der Waals surface area contributed by atoms with Crippen LogP contribution in [0.15, 0.2) is 30.3 Å². The summed E-state index contributed by atoms with van der Waals surface area (Å²) in [6.07, 6.45) is 2.38. The Balaban J connectivity index is 1.88. The molecular formula is C19H31N3O. The van der Waals surface area contributed by atoms with Gasteiger partial charge in [0.1, 0.15) is 0 Å². The molecule has 0 radical (unpaired) electrons. The van der Waals surface area contributed by atoms with Gasteiger partial charge in [-0.05, 0) is 70.9 Å². The zero-order valence-electron chi connectivity index (χ0n) is 14.8. The molecule has 1 aliphatic rings. The molecule has 4 nitrogen and oxygen atoms in total. The average Bonchev–Trinajstić information content (AvgIpc) is 2.55. The largest absolute Gasteiger partial charge is 0.317 e. The van der Waals surface area contributed by atoms with E-state index in [4.69, 9.17) is 0 Å². The highest BCUT2D eigenvalue weighted by Gasteiger charge is 2.24. The predicted octanol–water partition coefficient (Wildman–Crippen LogP) is 2.75. The highest BCUT2D eigenvalue weighted by atomic mass is 16.2. The Kier molecular flexibility index (Phi) is 7.06. The van der Waals surface area contributed by atoms with E-state index in [0.29, 0.717) is 6.54 Å². The molecule has 0 spiro atoms. The summed E-state index contributed by atoms with van der Waals surface area (Å²) in [6, 6.07) is 10.2. The van der Waals surface area contributed by atoms with Gasteiger partial charge in [0, 0.05) is 11.7 Å². The summed E-state index contributed by atoms with van der Waals surface area (Å²) in [5.41, 5.74) is 0.995. The van der Waals surface area contributed by atoms with Crippen molar-refractivity contribution in [2.75, 3.05) is 37.6 Å². The molecule has 1 aromatic rings. The first-order valence-electron chi connectivity index (χ1n) is 8.92. The van der Waals surface area contributed by atoms with E-state index in [0.717, 1.165) is 37.8 Å². The van der Waals surface area contributed by atoms with E-state index in [1.165, 1.54) is 12.8 Å². The second kappa shape index (κ2) is 9.04. The Bertz CT molecular complexity index is 467. The van der Waals surface area contributed by atoms with Crippen molar-refractivity contribution < 1.29 is 4.79 Å². The summed E-state index contributed by atoms with van der Waals surface area (Å²) in [6.45, 7) is 11.0. The lowest BCUT2D eigenvalue weighted by atomic mass is 9.97. The number of likely N-dealkylation sites (tertiary alicyclic amines) is 1. The number of nitrogens with one attached hydrogen (secondary N) is 1. The van der Waals surface area contributed by atoms with Crippen molar-refractivity contribution in [2.45, 2.75) is 39.7 Å². The fraction of sp³-hybridized carbons (Fsp3) is 0.632.